The van der Waals surface area contributed by atoms with Gasteiger partial charge in [0.15, 0.2) is 0 Å². The highest BCUT2D eigenvalue weighted by Crippen LogP contribution is 2.20. The summed E-state index contributed by atoms with van der Waals surface area (Å²) in [4.78, 5) is 0.0482. The summed E-state index contributed by atoms with van der Waals surface area (Å²) in [5.74, 6) is -0.0875. The van der Waals surface area contributed by atoms with Crippen LogP contribution in [0.4, 0.5) is 0 Å². The highest BCUT2D eigenvalue weighted by molar-refractivity contribution is 7.89. The van der Waals surface area contributed by atoms with Gasteiger partial charge < -0.3 is 10.2 Å². The van der Waals surface area contributed by atoms with Gasteiger partial charge in [0.1, 0.15) is 5.75 Å². The third kappa shape index (κ3) is 3.69. The molecule has 0 atom stereocenters. The lowest BCUT2D eigenvalue weighted by atomic mass is 10.3. The van der Waals surface area contributed by atoms with Crippen molar-refractivity contribution in [2.24, 2.45) is 0 Å². The lowest BCUT2D eigenvalue weighted by molar-refractivity contribution is 0.252. The summed E-state index contributed by atoms with van der Waals surface area (Å²) in [7, 11) is -3.64. The van der Waals surface area contributed by atoms with E-state index in [4.69, 9.17) is 5.11 Å². The molecule has 102 valence electrons. The van der Waals surface area contributed by atoms with E-state index in [-0.39, 0.29) is 23.8 Å². The van der Waals surface area contributed by atoms with Crippen LogP contribution >= 0.6 is 0 Å². The minimum Gasteiger partial charge on any atom is -0.508 e. The molecule has 0 radical (unpaired) electrons. The van der Waals surface area contributed by atoms with Gasteiger partial charge in [-0.1, -0.05) is 19.4 Å². The fourth-order valence-corrected chi connectivity index (χ4v) is 3.10. The first kappa shape index (κ1) is 14.9. The monoisotopic (exact) mass is 273 g/mol. The van der Waals surface area contributed by atoms with Crippen molar-refractivity contribution in [2.75, 3.05) is 19.7 Å². The Morgan fingerprint density at radius 2 is 2.00 bits per heavy atom. The summed E-state index contributed by atoms with van der Waals surface area (Å²) < 4.78 is 25.8. The predicted octanol–water partition coefficient (Wildman–Crippen LogP) is 1.18. The molecule has 0 aliphatic heterocycles. The topological polar surface area (TPSA) is 77.8 Å². The first-order valence-corrected chi connectivity index (χ1v) is 7.36. The number of nitrogens with zero attached hydrogens (tertiary/aromatic N) is 1. The first-order chi connectivity index (χ1) is 8.52. The third-order valence-electron chi connectivity index (χ3n) is 2.57. The Bertz CT molecular complexity index is 473. The van der Waals surface area contributed by atoms with Crippen molar-refractivity contribution in [2.45, 2.75) is 24.7 Å². The van der Waals surface area contributed by atoms with Crippen LogP contribution in [0.3, 0.4) is 0 Å². The minimum atomic E-state index is -3.64. The maximum atomic E-state index is 12.3. The Kier molecular flexibility index (Phi) is 5.58. The largest absolute Gasteiger partial charge is 0.508 e. The van der Waals surface area contributed by atoms with Crippen LogP contribution in [0.25, 0.3) is 0 Å². The van der Waals surface area contributed by atoms with Crippen LogP contribution in [0.1, 0.15) is 19.8 Å². The zero-order valence-corrected chi connectivity index (χ0v) is 11.2. The first-order valence-electron chi connectivity index (χ1n) is 5.92. The molecule has 0 aliphatic carbocycles. The number of hydrogen-bond donors (Lipinski definition) is 2. The molecule has 0 bridgehead atoms. The molecule has 18 heavy (non-hydrogen) atoms. The lowest BCUT2D eigenvalue weighted by Crippen LogP contribution is -2.34. The molecule has 1 aromatic rings. The smallest absolute Gasteiger partial charge is 0.243 e. The van der Waals surface area contributed by atoms with E-state index < -0.39 is 10.0 Å². The molecule has 0 heterocycles. The Labute approximate surface area is 108 Å². The summed E-state index contributed by atoms with van der Waals surface area (Å²) in [6.45, 7) is 2.19. The van der Waals surface area contributed by atoms with Gasteiger partial charge in [0.05, 0.1) is 11.5 Å². The number of benzene rings is 1. The SMILES string of the molecule is CCCCN(CCO)S(=O)(=O)c1cccc(O)c1. The van der Waals surface area contributed by atoms with Crippen LogP contribution in [0.2, 0.25) is 0 Å². The van der Waals surface area contributed by atoms with Crippen LogP contribution in [0.5, 0.6) is 5.75 Å². The van der Waals surface area contributed by atoms with E-state index in [0.717, 1.165) is 12.8 Å². The zero-order valence-electron chi connectivity index (χ0n) is 10.4. The predicted molar refractivity (Wildman–Crippen MR) is 68.9 cm³/mol. The highest BCUT2D eigenvalue weighted by atomic mass is 32.2. The number of aromatic hydroxyl groups is 1. The Morgan fingerprint density at radius 1 is 1.28 bits per heavy atom. The van der Waals surface area contributed by atoms with E-state index in [9.17, 15) is 13.5 Å². The van der Waals surface area contributed by atoms with Crippen molar-refractivity contribution in [3.8, 4) is 5.75 Å². The van der Waals surface area contributed by atoms with Gasteiger partial charge in [0.25, 0.3) is 0 Å². The van der Waals surface area contributed by atoms with Crippen LogP contribution in [-0.2, 0) is 10.0 Å². The molecule has 0 amide bonds. The summed E-state index contributed by atoms with van der Waals surface area (Å²) in [5, 5.41) is 18.3. The Morgan fingerprint density at radius 3 is 2.56 bits per heavy atom. The number of unbranched alkanes of at least 4 members (excludes halogenated alkanes) is 1. The van der Waals surface area contributed by atoms with Crippen molar-refractivity contribution in [3.05, 3.63) is 24.3 Å². The van der Waals surface area contributed by atoms with Gasteiger partial charge in [0.2, 0.25) is 10.0 Å². The maximum absolute atomic E-state index is 12.3. The molecule has 0 aromatic heterocycles. The van der Waals surface area contributed by atoms with Crippen LogP contribution in [-0.4, -0.2) is 42.6 Å². The lowest BCUT2D eigenvalue weighted by Gasteiger charge is -2.21. The molecule has 0 aliphatic rings. The summed E-state index contributed by atoms with van der Waals surface area (Å²) >= 11 is 0. The molecule has 0 spiro atoms. The average Bonchev–Trinajstić information content (AvgIpc) is 2.34. The number of sulfonamides is 1. The van der Waals surface area contributed by atoms with Crippen LogP contribution in [0.15, 0.2) is 29.2 Å². The molecule has 1 rings (SSSR count). The number of rotatable bonds is 7. The van der Waals surface area contributed by atoms with Gasteiger partial charge in [-0.05, 0) is 24.6 Å². The molecule has 6 heteroatoms. The van der Waals surface area contributed by atoms with E-state index in [1.807, 2.05) is 6.92 Å². The van der Waals surface area contributed by atoms with Gasteiger partial charge in [0, 0.05) is 13.1 Å². The summed E-state index contributed by atoms with van der Waals surface area (Å²) in [6, 6.07) is 5.55. The second-order valence-electron chi connectivity index (χ2n) is 3.98. The quantitative estimate of drug-likeness (QED) is 0.782. The van der Waals surface area contributed by atoms with Gasteiger partial charge in [-0.2, -0.15) is 4.31 Å². The van der Waals surface area contributed by atoms with E-state index in [1.54, 1.807) is 0 Å². The van der Waals surface area contributed by atoms with Gasteiger partial charge in [-0.3, -0.25) is 0 Å². The van der Waals surface area contributed by atoms with Gasteiger partial charge in [-0.25, -0.2) is 8.42 Å². The molecule has 0 fully saturated rings. The van der Waals surface area contributed by atoms with Gasteiger partial charge in [-0.15, -0.1) is 0 Å². The molecule has 0 unspecified atom stereocenters. The third-order valence-corrected chi connectivity index (χ3v) is 4.46. The molecule has 1 aromatic carbocycles. The Hall–Kier alpha value is -1.11. The molecule has 0 saturated heterocycles. The maximum Gasteiger partial charge on any atom is 0.243 e. The molecular formula is C12H19NO4S. The normalized spacial score (nSPS) is 11.9. The summed E-state index contributed by atoms with van der Waals surface area (Å²) in [5.41, 5.74) is 0. The van der Waals surface area contributed by atoms with E-state index in [1.165, 1.54) is 28.6 Å². The van der Waals surface area contributed by atoms with E-state index in [0.29, 0.717) is 6.54 Å². The molecule has 2 N–H and O–H groups in total. The number of phenolic OH excluding ortho intramolecular Hbond substituents is 1. The summed E-state index contributed by atoms with van der Waals surface area (Å²) in [6.07, 6.45) is 1.61. The van der Waals surface area contributed by atoms with Crippen LogP contribution in [0, 0.1) is 0 Å². The number of phenols is 1. The van der Waals surface area contributed by atoms with Crippen LogP contribution < -0.4 is 0 Å². The fourth-order valence-electron chi connectivity index (χ4n) is 1.59. The minimum absolute atomic E-state index is 0.0482. The molecule has 5 nitrogen and oxygen atoms in total. The number of hydrogen-bond acceptors (Lipinski definition) is 4. The molecular weight excluding hydrogens is 254 g/mol. The van der Waals surface area contributed by atoms with Crippen molar-refractivity contribution in [3.63, 3.8) is 0 Å². The van der Waals surface area contributed by atoms with Gasteiger partial charge >= 0.3 is 0 Å². The number of aliphatic hydroxyl groups excluding tert-OH is 1. The standard InChI is InChI=1S/C12H19NO4S/c1-2-3-7-13(8-9-14)18(16,17)12-6-4-5-11(15)10-12/h4-6,10,14-15H,2-3,7-9H2,1H3. The van der Waals surface area contributed by atoms with Crippen molar-refractivity contribution >= 4 is 10.0 Å². The van der Waals surface area contributed by atoms with Crippen molar-refractivity contribution in [1.29, 1.82) is 0 Å². The van der Waals surface area contributed by atoms with Crippen molar-refractivity contribution < 1.29 is 18.6 Å². The van der Waals surface area contributed by atoms with E-state index >= 15 is 0 Å². The number of aliphatic hydroxyl groups is 1. The fraction of sp³-hybridized carbons (Fsp3) is 0.500. The second kappa shape index (κ2) is 6.72. The average molecular weight is 273 g/mol. The van der Waals surface area contributed by atoms with E-state index in [2.05, 4.69) is 0 Å². The Balaban J connectivity index is 3.00. The molecule has 0 saturated carbocycles. The zero-order chi connectivity index (χ0) is 13.6. The van der Waals surface area contributed by atoms with Crippen molar-refractivity contribution in [1.82, 2.24) is 4.31 Å². The second-order valence-corrected chi connectivity index (χ2v) is 5.92. The highest BCUT2D eigenvalue weighted by Gasteiger charge is 2.23.